The Hall–Kier alpha value is -5.26. The van der Waals surface area contributed by atoms with Gasteiger partial charge in [0, 0.05) is 28.2 Å². The van der Waals surface area contributed by atoms with Crippen molar-refractivity contribution in [3.8, 4) is 0 Å². The highest BCUT2D eigenvalue weighted by Crippen LogP contribution is 2.42. The minimum Gasteiger partial charge on any atom is -0.476 e. The van der Waals surface area contributed by atoms with E-state index in [9.17, 15) is 27.9 Å². The summed E-state index contributed by atoms with van der Waals surface area (Å²) in [7, 11) is -4.07. The Morgan fingerprint density at radius 1 is 1.00 bits per heavy atom. The van der Waals surface area contributed by atoms with Crippen LogP contribution in [0.25, 0.3) is 0 Å². The molecule has 0 unspecified atom stereocenters. The van der Waals surface area contributed by atoms with Crippen LogP contribution in [0.1, 0.15) is 22.5 Å². The first-order valence-corrected chi connectivity index (χ1v) is 17.8. The largest absolute Gasteiger partial charge is 0.476 e. The second-order valence-corrected chi connectivity index (χ2v) is 14.0. The van der Waals surface area contributed by atoms with Crippen molar-refractivity contribution in [2.75, 3.05) is 17.7 Å². The van der Waals surface area contributed by atoms with E-state index in [-0.39, 0.29) is 16.7 Å². The number of nitrogen functional groups attached to an aromatic ring is 1. The maximum atomic E-state index is 13.9. The van der Waals surface area contributed by atoms with Crippen molar-refractivity contribution in [1.82, 2.24) is 19.6 Å². The van der Waals surface area contributed by atoms with Crippen LogP contribution in [-0.4, -0.2) is 74.7 Å². The van der Waals surface area contributed by atoms with Crippen LogP contribution in [0.4, 0.5) is 5.13 Å². The number of nitrogens with one attached hydrogen (secondary N) is 1. The fraction of sp³-hybridized carbons (Fsp3) is 0.161. The molecule has 0 saturated carbocycles. The maximum absolute atomic E-state index is 13.9. The first kappa shape index (κ1) is 32.7. The lowest BCUT2D eigenvalue weighted by Gasteiger charge is -2.48. The summed E-state index contributed by atoms with van der Waals surface area (Å²) in [5.41, 5.74) is 5.56. The number of nitrogens with two attached hydrogens (primary N) is 1. The highest BCUT2D eigenvalue weighted by molar-refractivity contribution is 8.00. The number of hydrogen-bond donors (Lipinski definition) is 3. The van der Waals surface area contributed by atoms with E-state index >= 15 is 0 Å². The van der Waals surface area contributed by atoms with Gasteiger partial charge in [0.25, 0.3) is 11.8 Å². The number of aromatic nitrogens is 2. The van der Waals surface area contributed by atoms with Crippen LogP contribution < -0.4 is 11.1 Å². The predicted molar refractivity (Wildman–Crippen MR) is 177 cm³/mol. The van der Waals surface area contributed by atoms with Gasteiger partial charge in [-0.3, -0.25) is 14.5 Å². The molecule has 4 N–H and O–H groups in total. The molecule has 17 heteroatoms. The molecule has 0 aliphatic carbocycles. The lowest BCUT2D eigenvalue weighted by molar-refractivity contribution is -0.150. The molecule has 2 aliphatic rings. The van der Waals surface area contributed by atoms with Crippen LogP contribution in [0.5, 0.6) is 0 Å². The fourth-order valence-corrected chi connectivity index (χ4v) is 7.62. The molecule has 2 atom stereocenters. The molecule has 3 heterocycles. The number of amides is 2. The highest BCUT2D eigenvalue weighted by atomic mass is 32.2. The Kier molecular flexibility index (Phi) is 8.91. The molecule has 246 valence electrons. The number of carbonyl (C=O) groups excluding carboxylic acids is 2. The van der Waals surface area contributed by atoms with E-state index in [1.54, 1.807) is 0 Å². The molecular weight excluding hydrogens is 681 g/mol. The zero-order chi connectivity index (χ0) is 34.1. The number of fused-ring (bicyclic) bond motifs is 1. The molecule has 1 saturated heterocycles. The fourth-order valence-electron chi connectivity index (χ4n) is 5.35. The molecule has 1 aromatic heterocycles. The lowest BCUT2D eigenvalue weighted by atomic mass is 9.80. The quantitative estimate of drug-likeness (QED) is 0.0677. The van der Waals surface area contributed by atoms with E-state index in [1.807, 2.05) is 91.0 Å². The van der Waals surface area contributed by atoms with Gasteiger partial charge in [-0.05, 0) is 0 Å². The van der Waals surface area contributed by atoms with Crippen molar-refractivity contribution in [2.45, 2.75) is 17.0 Å². The summed E-state index contributed by atoms with van der Waals surface area (Å²) in [6.07, 6.45) is 0.765. The zero-order valence-electron chi connectivity index (χ0n) is 24.9. The molecule has 48 heavy (non-hydrogen) atoms. The number of thioether (sulfide) groups is 1. The molecular formula is C31H26N6O8S3. The van der Waals surface area contributed by atoms with Gasteiger partial charge in [-0.1, -0.05) is 96.2 Å². The number of oxime groups is 1. The van der Waals surface area contributed by atoms with Gasteiger partial charge >= 0.3 is 16.1 Å². The number of nitrogens with zero attached hydrogens (tertiary/aromatic N) is 4. The Morgan fingerprint density at radius 3 is 2.00 bits per heavy atom. The molecule has 1 fully saturated rings. The van der Waals surface area contributed by atoms with Crippen molar-refractivity contribution in [1.29, 1.82) is 0 Å². The monoisotopic (exact) mass is 706 g/mol. The summed E-state index contributed by atoms with van der Waals surface area (Å²) in [5, 5.41) is 15.9. The zero-order valence-corrected chi connectivity index (χ0v) is 27.4. The van der Waals surface area contributed by atoms with E-state index in [2.05, 4.69) is 19.8 Å². The summed E-state index contributed by atoms with van der Waals surface area (Å²) in [5.74, 6) is -4.00. The molecule has 2 amide bonds. The SMILES string of the molecule is CS(=O)(=O)OC1=C(C(=O)O)N2C(=O)[C@@H](NC(=O)/C(=N\OC(c3ccccc3)(c3ccccc3)c3ccccc3)c3nsc(N)n3)[C@@H]2SC1. The van der Waals surface area contributed by atoms with E-state index in [0.29, 0.717) is 16.7 Å². The maximum Gasteiger partial charge on any atom is 0.356 e. The topological polar surface area (TPSA) is 203 Å². The Balaban J connectivity index is 1.38. The average molecular weight is 707 g/mol. The number of β-lactam (4-membered cyclic amide) rings is 1. The summed E-state index contributed by atoms with van der Waals surface area (Å²) in [6, 6.07) is 26.7. The van der Waals surface area contributed by atoms with Crippen molar-refractivity contribution in [2.24, 2.45) is 5.16 Å². The van der Waals surface area contributed by atoms with E-state index in [4.69, 9.17) is 14.8 Å². The third-order valence-electron chi connectivity index (χ3n) is 7.36. The van der Waals surface area contributed by atoms with Crippen LogP contribution in [0, 0.1) is 0 Å². The van der Waals surface area contributed by atoms with Gasteiger partial charge in [-0.2, -0.15) is 17.8 Å². The third-order valence-corrected chi connectivity index (χ3v) is 9.66. The van der Waals surface area contributed by atoms with Gasteiger partial charge in [0.1, 0.15) is 11.4 Å². The molecule has 4 aromatic rings. The summed E-state index contributed by atoms with van der Waals surface area (Å²) < 4.78 is 32.4. The Morgan fingerprint density at radius 2 is 1.54 bits per heavy atom. The third kappa shape index (κ3) is 6.22. The number of carbonyl (C=O) groups is 3. The van der Waals surface area contributed by atoms with Crippen molar-refractivity contribution >= 4 is 62.0 Å². The molecule has 6 rings (SSSR count). The van der Waals surface area contributed by atoms with Crippen LogP contribution in [-0.2, 0) is 39.1 Å². The van der Waals surface area contributed by atoms with E-state index in [0.717, 1.165) is 34.5 Å². The van der Waals surface area contributed by atoms with Gasteiger partial charge in [-0.25, -0.2) is 4.79 Å². The van der Waals surface area contributed by atoms with Crippen LogP contribution in [0.15, 0.2) is 108 Å². The van der Waals surface area contributed by atoms with Gasteiger partial charge in [0.15, 0.2) is 16.6 Å². The number of carboxylic acid groups (broad SMARTS) is 1. The first-order chi connectivity index (χ1) is 23.0. The molecule has 0 spiro atoms. The van der Waals surface area contributed by atoms with Gasteiger partial charge < -0.3 is 25.2 Å². The second kappa shape index (κ2) is 13.1. The lowest BCUT2D eigenvalue weighted by Crippen LogP contribution is -2.71. The molecule has 14 nitrogen and oxygen atoms in total. The normalized spacial score (nSPS) is 18.1. The molecule has 2 aliphatic heterocycles. The number of hydrogen-bond acceptors (Lipinski definition) is 13. The smallest absolute Gasteiger partial charge is 0.356 e. The molecule has 3 aromatic carbocycles. The van der Waals surface area contributed by atoms with Crippen molar-refractivity contribution in [3.05, 3.63) is 125 Å². The average Bonchev–Trinajstić information content (AvgIpc) is 3.51. The number of benzene rings is 3. The second-order valence-electron chi connectivity index (χ2n) is 10.5. The van der Waals surface area contributed by atoms with Crippen molar-refractivity contribution < 1.29 is 36.9 Å². The standard InChI is InChI=1S/C31H26N6O8S3/c1-48(42,43)44-21-17-46-28-23(27(39)37(28)24(21)29(40)41)33-26(38)22(25-34-30(32)47-36-25)35-45-31(18-11-5-2-6-12-18,19-13-7-3-8-14-19)20-15-9-4-10-16-20/h2-16,23,28H,17H2,1H3,(H,33,38)(H,40,41)(H2,32,34,36)/b35-22-/t23-,28+/m1/s1. The van der Waals surface area contributed by atoms with Gasteiger partial charge in [0.05, 0.1) is 12.0 Å². The number of rotatable bonds is 11. The van der Waals surface area contributed by atoms with Crippen LogP contribution >= 0.6 is 23.3 Å². The van der Waals surface area contributed by atoms with E-state index < -0.39 is 62.1 Å². The number of carboxylic acids is 1. The number of anilines is 1. The summed E-state index contributed by atoms with van der Waals surface area (Å²) in [6.45, 7) is 0. The minimum atomic E-state index is -4.07. The molecule has 0 radical (unpaired) electrons. The van der Waals surface area contributed by atoms with E-state index in [1.165, 1.54) is 0 Å². The van der Waals surface area contributed by atoms with Gasteiger partial charge in [0.2, 0.25) is 17.1 Å². The first-order valence-electron chi connectivity index (χ1n) is 14.1. The highest BCUT2D eigenvalue weighted by Gasteiger charge is 2.55. The minimum absolute atomic E-state index is 0.0503. The molecule has 0 bridgehead atoms. The number of aliphatic carboxylic acids is 1. The van der Waals surface area contributed by atoms with Gasteiger partial charge in [-0.15, -0.1) is 11.8 Å². The predicted octanol–water partition coefficient (Wildman–Crippen LogP) is 2.51. The summed E-state index contributed by atoms with van der Waals surface area (Å²) >= 11 is 1.84. The van der Waals surface area contributed by atoms with Crippen LogP contribution in [0.2, 0.25) is 0 Å². The Bertz CT molecular complexity index is 1940. The van der Waals surface area contributed by atoms with Crippen molar-refractivity contribution in [3.63, 3.8) is 0 Å². The van der Waals surface area contributed by atoms with Crippen LogP contribution in [0.3, 0.4) is 0 Å². The summed E-state index contributed by atoms with van der Waals surface area (Å²) in [4.78, 5) is 50.7. The Labute approximate surface area is 282 Å².